The van der Waals surface area contributed by atoms with Crippen molar-refractivity contribution in [2.24, 2.45) is 5.73 Å². The number of hydrogen-bond donors (Lipinski definition) is 2. The smallest absolute Gasteiger partial charge is 0.318 e. The van der Waals surface area contributed by atoms with Gasteiger partial charge in [0.05, 0.1) is 31.8 Å². The highest BCUT2D eigenvalue weighted by Crippen LogP contribution is 2.06. The lowest BCUT2D eigenvalue weighted by Crippen LogP contribution is -2.51. The Hall–Kier alpha value is -2.06. The first-order valence-corrected chi connectivity index (χ1v) is 7.17. The molecule has 8 nitrogen and oxygen atoms in total. The summed E-state index contributed by atoms with van der Waals surface area (Å²) in [5, 5.41) is 2.74. The van der Waals surface area contributed by atoms with Crippen molar-refractivity contribution in [3.63, 3.8) is 0 Å². The normalized spacial score (nSPS) is 18.9. The summed E-state index contributed by atoms with van der Waals surface area (Å²) >= 11 is 0. The fourth-order valence-electron chi connectivity index (χ4n) is 2.31. The third kappa shape index (κ3) is 5.05. The topological polar surface area (TPSA) is 101 Å². The summed E-state index contributed by atoms with van der Waals surface area (Å²) in [4.78, 5) is 26.9. The molecule has 0 aromatic carbocycles. The standard InChI is InChI=1S/C14H22N4O4/c1-17-3-5-22-12(7-17)8-18(9-13(15)19)14(20)16-6-11-2-4-21-10-11/h2,4,10,12H,3,5-9H2,1H3,(H2,15,19)(H,16,20). The minimum absolute atomic E-state index is 0.127. The van der Waals surface area contributed by atoms with Crippen LogP contribution in [-0.4, -0.2) is 67.7 Å². The molecule has 1 saturated heterocycles. The predicted molar refractivity (Wildman–Crippen MR) is 78.9 cm³/mol. The van der Waals surface area contributed by atoms with E-state index in [-0.39, 0.29) is 18.7 Å². The Labute approximate surface area is 129 Å². The SMILES string of the molecule is CN1CCOC(CN(CC(N)=O)C(=O)NCc2ccoc2)C1. The van der Waals surface area contributed by atoms with E-state index < -0.39 is 5.91 Å². The highest BCUT2D eigenvalue weighted by Gasteiger charge is 2.24. The number of primary amides is 1. The molecule has 0 saturated carbocycles. The summed E-state index contributed by atoms with van der Waals surface area (Å²) in [6.45, 7) is 2.70. The number of hydrogen-bond acceptors (Lipinski definition) is 5. The van der Waals surface area contributed by atoms with Gasteiger partial charge in [0.25, 0.3) is 0 Å². The molecular formula is C14H22N4O4. The van der Waals surface area contributed by atoms with E-state index in [1.165, 1.54) is 11.2 Å². The Kier molecular flexibility index (Phi) is 5.79. The van der Waals surface area contributed by atoms with E-state index >= 15 is 0 Å². The number of nitrogens with one attached hydrogen (secondary N) is 1. The van der Waals surface area contributed by atoms with Gasteiger partial charge in [0.1, 0.15) is 6.54 Å². The van der Waals surface area contributed by atoms with E-state index in [0.717, 1.165) is 12.1 Å². The number of carbonyl (C=O) groups is 2. The van der Waals surface area contributed by atoms with Crippen LogP contribution in [0.1, 0.15) is 5.56 Å². The van der Waals surface area contributed by atoms with Gasteiger partial charge in [0, 0.05) is 25.2 Å². The average molecular weight is 310 g/mol. The monoisotopic (exact) mass is 310 g/mol. The number of furan rings is 1. The first-order chi connectivity index (χ1) is 10.5. The molecule has 1 aromatic heterocycles. The molecule has 8 heteroatoms. The first-order valence-electron chi connectivity index (χ1n) is 7.17. The molecule has 3 amide bonds. The molecule has 1 aliphatic heterocycles. The summed E-state index contributed by atoms with van der Waals surface area (Å²) in [5.41, 5.74) is 6.08. The fourth-order valence-corrected chi connectivity index (χ4v) is 2.31. The van der Waals surface area contributed by atoms with Crippen molar-refractivity contribution in [1.82, 2.24) is 15.1 Å². The second-order valence-electron chi connectivity index (χ2n) is 5.39. The molecule has 1 aromatic rings. The van der Waals surface area contributed by atoms with Crippen molar-refractivity contribution < 1.29 is 18.7 Å². The lowest BCUT2D eigenvalue weighted by atomic mass is 10.2. The van der Waals surface area contributed by atoms with E-state index in [4.69, 9.17) is 14.9 Å². The van der Waals surface area contributed by atoms with Crippen LogP contribution in [0.2, 0.25) is 0 Å². The number of morpholine rings is 1. The van der Waals surface area contributed by atoms with E-state index in [2.05, 4.69) is 10.2 Å². The van der Waals surface area contributed by atoms with Crippen LogP contribution in [0.4, 0.5) is 4.79 Å². The zero-order valence-electron chi connectivity index (χ0n) is 12.7. The molecule has 2 heterocycles. The van der Waals surface area contributed by atoms with Crippen LogP contribution in [0.5, 0.6) is 0 Å². The third-order valence-electron chi connectivity index (χ3n) is 3.42. The molecule has 1 unspecified atom stereocenters. The second kappa shape index (κ2) is 7.81. The van der Waals surface area contributed by atoms with Gasteiger partial charge < -0.3 is 30.0 Å². The highest BCUT2D eigenvalue weighted by molar-refractivity contribution is 5.82. The Morgan fingerprint density at radius 2 is 2.36 bits per heavy atom. The van der Waals surface area contributed by atoms with Crippen LogP contribution in [0.3, 0.4) is 0 Å². The zero-order valence-corrected chi connectivity index (χ0v) is 12.7. The van der Waals surface area contributed by atoms with Gasteiger partial charge >= 0.3 is 6.03 Å². The minimum Gasteiger partial charge on any atom is -0.472 e. The fraction of sp³-hybridized carbons (Fsp3) is 0.571. The van der Waals surface area contributed by atoms with Crippen LogP contribution in [0, 0.1) is 0 Å². The summed E-state index contributed by atoms with van der Waals surface area (Å²) in [6, 6.07) is 1.41. The van der Waals surface area contributed by atoms with Gasteiger partial charge in [-0.05, 0) is 13.1 Å². The van der Waals surface area contributed by atoms with Crippen molar-refractivity contribution >= 4 is 11.9 Å². The zero-order chi connectivity index (χ0) is 15.9. The minimum atomic E-state index is -0.553. The number of urea groups is 1. The number of carbonyl (C=O) groups excluding carboxylic acids is 2. The summed E-state index contributed by atoms with van der Waals surface area (Å²) in [7, 11) is 1.99. The molecule has 3 N–H and O–H groups in total. The highest BCUT2D eigenvalue weighted by atomic mass is 16.5. The molecule has 0 aliphatic carbocycles. The van der Waals surface area contributed by atoms with Gasteiger partial charge in [-0.1, -0.05) is 0 Å². The number of ether oxygens (including phenoxy) is 1. The summed E-state index contributed by atoms with van der Waals surface area (Å²) in [6.07, 6.45) is 2.96. The predicted octanol–water partition coefficient (Wildman–Crippen LogP) is -0.393. The molecule has 0 spiro atoms. The Bertz CT molecular complexity index is 491. The second-order valence-corrected chi connectivity index (χ2v) is 5.39. The third-order valence-corrected chi connectivity index (χ3v) is 3.42. The molecule has 2 rings (SSSR count). The van der Waals surface area contributed by atoms with Gasteiger partial charge in [0.15, 0.2) is 0 Å². The van der Waals surface area contributed by atoms with Gasteiger partial charge in [-0.3, -0.25) is 4.79 Å². The van der Waals surface area contributed by atoms with E-state index in [1.54, 1.807) is 12.3 Å². The van der Waals surface area contributed by atoms with Crippen molar-refractivity contribution in [1.29, 1.82) is 0 Å². The maximum atomic E-state index is 12.2. The molecule has 22 heavy (non-hydrogen) atoms. The molecule has 0 radical (unpaired) electrons. The molecular weight excluding hydrogens is 288 g/mol. The summed E-state index contributed by atoms with van der Waals surface area (Å²) in [5.74, 6) is -0.553. The number of nitrogens with zero attached hydrogens (tertiary/aromatic N) is 2. The number of amides is 3. The Morgan fingerprint density at radius 3 is 3.00 bits per heavy atom. The first kappa shape index (κ1) is 16.3. The molecule has 0 bridgehead atoms. The summed E-state index contributed by atoms with van der Waals surface area (Å²) < 4.78 is 10.6. The van der Waals surface area contributed by atoms with Gasteiger partial charge in [0.2, 0.25) is 5.91 Å². The largest absolute Gasteiger partial charge is 0.472 e. The van der Waals surface area contributed by atoms with E-state index in [1.807, 2.05) is 7.05 Å². The van der Waals surface area contributed by atoms with E-state index in [9.17, 15) is 9.59 Å². The van der Waals surface area contributed by atoms with Crippen molar-refractivity contribution in [2.75, 3.05) is 39.8 Å². The molecule has 1 aliphatic rings. The number of likely N-dealkylation sites (N-methyl/N-ethyl adjacent to an activating group) is 1. The number of nitrogens with two attached hydrogens (primary N) is 1. The van der Waals surface area contributed by atoms with Crippen LogP contribution in [0.15, 0.2) is 23.0 Å². The number of rotatable bonds is 6. The lowest BCUT2D eigenvalue weighted by molar-refractivity contribution is -0.119. The molecule has 122 valence electrons. The van der Waals surface area contributed by atoms with E-state index in [0.29, 0.717) is 26.2 Å². The maximum absolute atomic E-state index is 12.2. The van der Waals surface area contributed by atoms with Crippen LogP contribution in [0.25, 0.3) is 0 Å². The Balaban J connectivity index is 1.89. The van der Waals surface area contributed by atoms with Crippen molar-refractivity contribution in [3.05, 3.63) is 24.2 Å². The quantitative estimate of drug-likeness (QED) is 0.745. The maximum Gasteiger partial charge on any atom is 0.318 e. The average Bonchev–Trinajstić information content (AvgIpc) is 2.97. The Morgan fingerprint density at radius 1 is 1.55 bits per heavy atom. The lowest BCUT2D eigenvalue weighted by Gasteiger charge is -2.33. The van der Waals surface area contributed by atoms with Crippen molar-refractivity contribution in [3.8, 4) is 0 Å². The van der Waals surface area contributed by atoms with Crippen LogP contribution in [-0.2, 0) is 16.1 Å². The molecule has 1 fully saturated rings. The van der Waals surface area contributed by atoms with Gasteiger partial charge in [-0.25, -0.2) is 4.79 Å². The van der Waals surface area contributed by atoms with Gasteiger partial charge in [-0.2, -0.15) is 0 Å². The van der Waals surface area contributed by atoms with Crippen molar-refractivity contribution in [2.45, 2.75) is 12.6 Å². The van der Waals surface area contributed by atoms with Gasteiger partial charge in [-0.15, -0.1) is 0 Å². The van der Waals surface area contributed by atoms with Crippen LogP contribution < -0.4 is 11.1 Å². The van der Waals surface area contributed by atoms with Crippen LogP contribution >= 0.6 is 0 Å². The molecule has 1 atom stereocenters.